The number of nitrogens with zero attached hydrogens (tertiary/aromatic N) is 1. The van der Waals surface area contributed by atoms with Gasteiger partial charge in [-0.2, -0.15) is 4.98 Å². The summed E-state index contributed by atoms with van der Waals surface area (Å²) < 4.78 is 40.7. The maximum atomic E-state index is 11.8. The molecule has 7 nitrogen and oxygen atoms in total. The maximum Gasteiger partial charge on any atom is 0.224 e. The SMILES string of the molecule is CCCCOc1nc(OCC2(C)COC2)c(-c2ccc(S(C)(=O)=O)cc2)cc1CO. The molecule has 0 spiro atoms. The van der Waals surface area contributed by atoms with E-state index in [1.54, 1.807) is 30.3 Å². The van der Waals surface area contributed by atoms with Crippen LogP contribution in [0.2, 0.25) is 0 Å². The quantitative estimate of drug-likeness (QED) is 0.573. The van der Waals surface area contributed by atoms with Crippen LogP contribution >= 0.6 is 0 Å². The number of sulfone groups is 1. The van der Waals surface area contributed by atoms with Gasteiger partial charge in [0.2, 0.25) is 11.8 Å². The van der Waals surface area contributed by atoms with Crippen LogP contribution in [0.25, 0.3) is 11.1 Å². The minimum absolute atomic E-state index is 0.0715. The molecule has 30 heavy (non-hydrogen) atoms. The standard InChI is InChI=1S/C22H29NO6S/c1-4-5-10-28-20-17(12-24)11-19(16-6-8-18(9-7-16)30(3,25)26)21(23-20)29-15-22(2)13-27-14-22/h6-9,11,24H,4-5,10,12-15H2,1-3H3. The largest absolute Gasteiger partial charge is 0.477 e. The van der Waals surface area contributed by atoms with E-state index in [1.165, 1.54) is 6.26 Å². The van der Waals surface area contributed by atoms with Gasteiger partial charge < -0.3 is 19.3 Å². The highest BCUT2D eigenvalue weighted by Crippen LogP contribution is 2.36. The van der Waals surface area contributed by atoms with Gasteiger partial charge >= 0.3 is 0 Å². The highest BCUT2D eigenvalue weighted by Gasteiger charge is 2.34. The molecule has 1 aromatic heterocycles. The van der Waals surface area contributed by atoms with Crippen LogP contribution in [0.15, 0.2) is 35.2 Å². The monoisotopic (exact) mass is 435 g/mol. The number of pyridine rings is 1. The number of hydrogen-bond acceptors (Lipinski definition) is 7. The summed E-state index contributed by atoms with van der Waals surface area (Å²) in [6, 6.07) is 8.33. The third kappa shape index (κ3) is 5.30. The van der Waals surface area contributed by atoms with Crippen LogP contribution in [0, 0.1) is 5.41 Å². The molecule has 164 valence electrons. The van der Waals surface area contributed by atoms with E-state index in [0.29, 0.717) is 49.3 Å². The first kappa shape index (κ1) is 22.5. The average molecular weight is 436 g/mol. The summed E-state index contributed by atoms with van der Waals surface area (Å²) in [5.74, 6) is 0.742. The number of hydrogen-bond donors (Lipinski definition) is 1. The van der Waals surface area contributed by atoms with Crippen molar-refractivity contribution in [3.63, 3.8) is 0 Å². The van der Waals surface area contributed by atoms with Crippen molar-refractivity contribution in [3.05, 3.63) is 35.9 Å². The van der Waals surface area contributed by atoms with Crippen molar-refractivity contribution in [2.45, 2.75) is 38.2 Å². The molecule has 2 aromatic rings. The highest BCUT2D eigenvalue weighted by atomic mass is 32.2. The first-order chi connectivity index (χ1) is 14.3. The van der Waals surface area contributed by atoms with Crippen molar-refractivity contribution in [1.29, 1.82) is 0 Å². The number of unbranched alkanes of at least 4 members (excludes halogenated alkanes) is 1. The highest BCUT2D eigenvalue weighted by molar-refractivity contribution is 7.90. The van der Waals surface area contributed by atoms with E-state index < -0.39 is 9.84 Å². The van der Waals surface area contributed by atoms with E-state index in [1.807, 2.05) is 0 Å². The first-order valence-corrected chi connectivity index (χ1v) is 11.9. The number of aliphatic hydroxyl groups excluding tert-OH is 1. The molecule has 1 aliphatic rings. The van der Waals surface area contributed by atoms with Crippen LogP contribution in [-0.4, -0.2) is 51.2 Å². The van der Waals surface area contributed by atoms with Crippen molar-refractivity contribution >= 4 is 9.84 Å². The van der Waals surface area contributed by atoms with E-state index in [-0.39, 0.29) is 16.9 Å². The maximum absolute atomic E-state index is 11.8. The second kappa shape index (κ2) is 9.32. The van der Waals surface area contributed by atoms with Crippen molar-refractivity contribution in [3.8, 4) is 22.9 Å². The van der Waals surface area contributed by atoms with E-state index in [4.69, 9.17) is 14.2 Å². The molecule has 1 saturated heterocycles. The van der Waals surface area contributed by atoms with Gasteiger partial charge in [-0.25, -0.2) is 8.42 Å². The molecule has 1 N–H and O–H groups in total. The van der Waals surface area contributed by atoms with Crippen LogP contribution in [0.4, 0.5) is 0 Å². The van der Waals surface area contributed by atoms with Gasteiger partial charge in [-0.3, -0.25) is 0 Å². The first-order valence-electron chi connectivity index (χ1n) is 10.0. The summed E-state index contributed by atoms with van der Waals surface area (Å²) in [6.45, 7) is 6.11. The zero-order chi connectivity index (χ0) is 21.8. The fourth-order valence-corrected chi connectivity index (χ4v) is 3.68. The van der Waals surface area contributed by atoms with Gasteiger partial charge in [0.25, 0.3) is 0 Å². The van der Waals surface area contributed by atoms with Gasteiger partial charge in [0.05, 0.1) is 37.9 Å². The Morgan fingerprint density at radius 3 is 2.40 bits per heavy atom. The molecular formula is C22H29NO6S. The fourth-order valence-electron chi connectivity index (χ4n) is 3.05. The molecule has 0 aliphatic carbocycles. The summed E-state index contributed by atoms with van der Waals surface area (Å²) in [6.07, 6.45) is 3.04. The minimum atomic E-state index is -3.29. The average Bonchev–Trinajstić information content (AvgIpc) is 2.70. The van der Waals surface area contributed by atoms with Gasteiger partial charge in [0.15, 0.2) is 9.84 Å². The van der Waals surface area contributed by atoms with Crippen molar-refractivity contribution in [2.24, 2.45) is 5.41 Å². The Balaban J connectivity index is 1.97. The van der Waals surface area contributed by atoms with Crippen LogP contribution in [0.5, 0.6) is 11.8 Å². The van der Waals surface area contributed by atoms with Crippen LogP contribution in [-0.2, 0) is 21.2 Å². The third-order valence-electron chi connectivity index (χ3n) is 4.99. The zero-order valence-corrected chi connectivity index (χ0v) is 18.5. The predicted octanol–water partition coefficient (Wildman–Crippen LogP) is 3.24. The topological polar surface area (TPSA) is 95.0 Å². The minimum Gasteiger partial charge on any atom is -0.477 e. The Morgan fingerprint density at radius 2 is 1.87 bits per heavy atom. The molecule has 8 heteroatoms. The normalized spacial score (nSPS) is 15.5. The lowest BCUT2D eigenvalue weighted by molar-refractivity contribution is -0.120. The van der Waals surface area contributed by atoms with Gasteiger partial charge in [0, 0.05) is 22.8 Å². The van der Waals surface area contributed by atoms with E-state index >= 15 is 0 Å². The molecule has 2 heterocycles. The van der Waals surface area contributed by atoms with E-state index in [9.17, 15) is 13.5 Å². The van der Waals surface area contributed by atoms with Crippen molar-refractivity contribution in [1.82, 2.24) is 4.98 Å². The molecule has 1 aromatic carbocycles. The Kier molecular flexibility index (Phi) is 7.00. The van der Waals surface area contributed by atoms with Gasteiger partial charge in [-0.15, -0.1) is 0 Å². The van der Waals surface area contributed by atoms with Crippen LogP contribution in [0.3, 0.4) is 0 Å². The van der Waals surface area contributed by atoms with Gasteiger partial charge in [-0.05, 0) is 30.2 Å². The molecule has 0 atom stereocenters. The van der Waals surface area contributed by atoms with Gasteiger partial charge in [0.1, 0.15) is 0 Å². The van der Waals surface area contributed by atoms with Crippen LogP contribution < -0.4 is 9.47 Å². The summed E-state index contributed by atoms with van der Waals surface area (Å²) in [5.41, 5.74) is 1.90. The fraction of sp³-hybridized carbons (Fsp3) is 0.500. The molecular weight excluding hydrogens is 406 g/mol. The Bertz CT molecular complexity index is 968. The lowest BCUT2D eigenvalue weighted by atomic mass is 9.90. The third-order valence-corrected chi connectivity index (χ3v) is 6.11. The van der Waals surface area contributed by atoms with Crippen LogP contribution in [0.1, 0.15) is 32.3 Å². The molecule has 0 saturated carbocycles. The van der Waals surface area contributed by atoms with E-state index in [2.05, 4.69) is 18.8 Å². The molecule has 0 radical (unpaired) electrons. The summed E-state index contributed by atoms with van der Waals surface area (Å²) in [7, 11) is -3.29. The van der Waals surface area contributed by atoms with Crippen molar-refractivity contribution < 1.29 is 27.7 Å². The Labute approximate surface area is 177 Å². The lowest BCUT2D eigenvalue weighted by Gasteiger charge is -2.37. The summed E-state index contributed by atoms with van der Waals surface area (Å²) >= 11 is 0. The molecule has 3 rings (SSSR count). The number of benzene rings is 1. The number of aromatic nitrogens is 1. The smallest absolute Gasteiger partial charge is 0.224 e. The second-order valence-electron chi connectivity index (χ2n) is 8.05. The molecule has 0 unspecified atom stereocenters. The van der Waals surface area contributed by atoms with E-state index in [0.717, 1.165) is 18.4 Å². The Hall–Kier alpha value is -2.16. The second-order valence-corrected chi connectivity index (χ2v) is 10.1. The Morgan fingerprint density at radius 1 is 1.17 bits per heavy atom. The van der Waals surface area contributed by atoms with Gasteiger partial charge in [-0.1, -0.05) is 32.4 Å². The lowest BCUT2D eigenvalue weighted by Crippen LogP contribution is -2.44. The zero-order valence-electron chi connectivity index (χ0n) is 17.7. The summed E-state index contributed by atoms with van der Waals surface area (Å²) in [5, 5.41) is 9.84. The molecule has 1 aliphatic heterocycles. The molecule has 1 fully saturated rings. The summed E-state index contributed by atoms with van der Waals surface area (Å²) in [4.78, 5) is 4.80. The number of aliphatic hydroxyl groups is 1. The molecule has 0 amide bonds. The van der Waals surface area contributed by atoms with Crippen molar-refractivity contribution in [2.75, 3.05) is 32.7 Å². The number of rotatable bonds is 10. The number of ether oxygens (including phenoxy) is 3. The predicted molar refractivity (Wildman–Crippen MR) is 114 cm³/mol. The molecule has 0 bridgehead atoms.